The fourth-order valence-electron chi connectivity index (χ4n) is 2.06. The van der Waals surface area contributed by atoms with Crippen LogP contribution in [0.15, 0.2) is 42.5 Å². The van der Waals surface area contributed by atoms with Gasteiger partial charge in [-0.2, -0.15) is 0 Å². The fraction of sp³-hybridized carbons (Fsp3) is 0.222. The standard InChI is InChI=1S/C18H19IN2O3/c1-3-10-20-17(22)12-4-7-14(8-5-12)21-18(23)13-6-9-16(24-2)15(19)11-13/h4-9,11H,3,10H2,1-2H3,(H,20,22)(H,21,23). The van der Waals surface area contributed by atoms with Gasteiger partial charge in [-0.3, -0.25) is 9.59 Å². The summed E-state index contributed by atoms with van der Waals surface area (Å²) in [6.07, 6.45) is 0.889. The molecule has 0 aliphatic rings. The quantitative estimate of drug-likeness (QED) is 0.677. The van der Waals surface area contributed by atoms with Gasteiger partial charge in [0.15, 0.2) is 0 Å². The fourth-order valence-corrected chi connectivity index (χ4v) is 2.79. The van der Waals surface area contributed by atoms with Gasteiger partial charge in [-0.25, -0.2) is 0 Å². The number of carbonyl (C=O) groups excluding carboxylic acids is 2. The van der Waals surface area contributed by atoms with Gasteiger partial charge in [0.1, 0.15) is 5.75 Å². The number of ether oxygens (including phenoxy) is 1. The predicted molar refractivity (Wildman–Crippen MR) is 103 cm³/mol. The van der Waals surface area contributed by atoms with Crippen LogP contribution in [0.1, 0.15) is 34.1 Å². The van der Waals surface area contributed by atoms with Crippen LogP contribution in [0.5, 0.6) is 5.75 Å². The molecule has 2 aromatic carbocycles. The third-order valence-corrected chi connectivity index (χ3v) is 4.20. The van der Waals surface area contributed by atoms with Crippen LogP contribution in [0.25, 0.3) is 0 Å². The zero-order valence-electron chi connectivity index (χ0n) is 13.6. The molecule has 5 nitrogen and oxygen atoms in total. The number of halogens is 1. The maximum atomic E-state index is 12.3. The number of methoxy groups -OCH3 is 1. The van der Waals surface area contributed by atoms with Crippen molar-refractivity contribution in [1.82, 2.24) is 5.32 Å². The average molecular weight is 438 g/mol. The van der Waals surface area contributed by atoms with Crippen molar-refractivity contribution in [3.05, 3.63) is 57.2 Å². The first-order valence-corrected chi connectivity index (χ1v) is 8.66. The molecule has 0 aliphatic heterocycles. The molecule has 0 saturated heterocycles. The lowest BCUT2D eigenvalue weighted by Crippen LogP contribution is -2.23. The van der Waals surface area contributed by atoms with Crippen molar-refractivity contribution >= 4 is 40.1 Å². The summed E-state index contributed by atoms with van der Waals surface area (Å²) in [7, 11) is 1.59. The van der Waals surface area contributed by atoms with Crippen LogP contribution in [0, 0.1) is 3.57 Å². The number of anilines is 1. The molecule has 2 N–H and O–H groups in total. The van der Waals surface area contributed by atoms with E-state index in [1.54, 1.807) is 49.6 Å². The second kappa shape index (κ2) is 8.68. The zero-order chi connectivity index (χ0) is 17.5. The van der Waals surface area contributed by atoms with Crippen LogP contribution < -0.4 is 15.4 Å². The lowest BCUT2D eigenvalue weighted by molar-refractivity contribution is 0.0953. The molecule has 0 spiro atoms. The van der Waals surface area contributed by atoms with Crippen molar-refractivity contribution in [2.24, 2.45) is 0 Å². The molecule has 6 heteroatoms. The van der Waals surface area contributed by atoms with Gasteiger partial charge in [0, 0.05) is 23.4 Å². The van der Waals surface area contributed by atoms with E-state index in [1.807, 2.05) is 6.92 Å². The highest BCUT2D eigenvalue weighted by atomic mass is 127. The largest absolute Gasteiger partial charge is 0.496 e. The summed E-state index contributed by atoms with van der Waals surface area (Å²) in [6, 6.07) is 12.1. The van der Waals surface area contributed by atoms with E-state index in [1.165, 1.54) is 0 Å². The van der Waals surface area contributed by atoms with E-state index in [0.717, 1.165) is 15.7 Å². The minimum absolute atomic E-state index is 0.112. The van der Waals surface area contributed by atoms with Crippen LogP contribution in [0.3, 0.4) is 0 Å². The Morgan fingerprint density at radius 2 is 1.71 bits per heavy atom. The SMILES string of the molecule is CCCNC(=O)c1ccc(NC(=O)c2ccc(OC)c(I)c2)cc1. The molecular formula is C18H19IN2O3. The molecule has 0 saturated carbocycles. The molecule has 0 aromatic heterocycles. The Bertz CT molecular complexity index is 730. The molecular weight excluding hydrogens is 419 g/mol. The topological polar surface area (TPSA) is 67.4 Å². The van der Waals surface area contributed by atoms with Crippen molar-refractivity contribution in [2.45, 2.75) is 13.3 Å². The highest BCUT2D eigenvalue weighted by molar-refractivity contribution is 14.1. The smallest absolute Gasteiger partial charge is 0.255 e. The summed E-state index contributed by atoms with van der Waals surface area (Å²) >= 11 is 2.12. The van der Waals surface area contributed by atoms with E-state index >= 15 is 0 Å². The summed E-state index contributed by atoms with van der Waals surface area (Å²) in [4.78, 5) is 24.1. The first-order chi connectivity index (χ1) is 11.5. The maximum absolute atomic E-state index is 12.3. The van der Waals surface area contributed by atoms with Crippen molar-refractivity contribution in [3.63, 3.8) is 0 Å². The summed E-state index contributed by atoms with van der Waals surface area (Å²) in [6.45, 7) is 2.65. The molecule has 0 aliphatic carbocycles. The number of amides is 2. The van der Waals surface area contributed by atoms with Gasteiger partial charge >= 0.3 is 0 Å². The van der Waals surface area contributed by atoms with E-state index in [4.69, 9.17) is 4.74 Å². The van der Waals surface area contributed by atoms with Gasteiger partial charge in [-0.15, -0.1) is 0 Å². The molecule has 0 fully saturated rings. The third-order valence-electron chi connectivity index (χ3n) is 3.35. The summed E-state index contributed by atoms with van der Waals surface area (Å²) in [5.41, 5.74) is 1.75. The normalized spacial score (nSPS) is 10.1. The lowest BCUT2D eigenvalue weighted by atomic mass is 10.1. The lowest BCUT2D eigenvalue weighted by Gasteiger charge is -2.09. The number of benzene rings is 2. The number of hydrogen-bond donors (Lipinski definition) is 2. The van der Waals surface area contributed by atoms with Gasteiger partial charge in [-0.05, 0) is 71.5 Å². The first-order valence-electron chi connectivity index (χ1n) is 7.58. The molecule has 2 amide bonds. The Labute approximate surface area is 154 Å². The maximum Gasteiger partial charge on any atom is 0.255 e. The third kappa shape index (κ3) is 4.70. The molecule has 2 aromatic rings. The molecule has 0 radical (unpaired) electrons. The van der Waals surface area contributed by atoms with E-state index in [2.05, 4.69) is 33.2 Å². The predicted octanol–water partition coefficient (Wildman–Crippen LogP) is 3.69. The second-order valence-electron chi connectivity index (χ2n) is 5.14. The Balaban J connectivity index is 2.04. The molecule has 126 valence electrons. The van der Waals surface area contributed by atoms with Gasteiger partial charge in [0.2, 0.25) is 0 Å². The molecule has 0 atom stereocenters. The van der Waals surface area contributed by atoms with E-state index in [9.17, 15) is 9.59 Å². The molecule has 0 bridgehead atoms. The monoisotopic (exact) mass is 438 g/mol. The van der Waals surface area contributed by atoms with E-state index in [0.29, 0.717) is 23.4 Å². The Morgan fingerprint density at radius 1 is 1.04 bits per heavy atom. The Kier molecular flexibility index (Phi) is 6.60. The van der Waals surface area contributed by atoms with Crippen LogP contribution in [0.4, 0.5) is 5.69 Å². The highest BCUT2D eigenvalue weighted by Crippen LogP contribution is 2.22. The number of nitrogens with one attached hydrogen (secondary N) is 2. The van der Waals surface area contributed by atoms with Crippen molar-refractivity contribution in [3.8, 4) is 5.75 Å². The van der Waals surface area contributed by atoms with Gasteiger partial charge in [0.25, 0.3) is 11.8 Å². The van der Waals surface area contributed by atoms with Crippen molar-refractivity contribution in [2.75, 3.05) is 19.0 Å². The van der Waals surface area contributed by atoms with Gasteiger partial charge in [-0.1, -0.05) is 6.92 Å². The zero-order valence-corrected chi connectivity index (χ0v) is 15.7. The highest BCUT2D eigenvalue weighted by Gasteiger charge is 2.10. The molecule has 0 unspecified atom stereocenters. The van der Waals surface area contributed by atoms with Gasteiger partial charge in [0.05, 0.1) is 10.7 Å². The number of rotatable bonds is 6. The first kappa shape index (κ1) is 18.3. The van der Waals surface area contributed by atoms with Crippen LogP contribution in [-0.4, -0.2) is 25.5 Å². The van der Waals surface area contributed by atoms with E-state index in [-0.39, 0.29) is 11.8 Å². The molecule has 0 heterocycles. The minimum Gasteiger partial charge on any atom is -0.496 e. The van der Waals surface area contributed by atoms with Crippen molar-refractivity contribution < 1.29 is 14.3 Å². The van der Waals surface area contributed by atoms with Crippen LogP contribution in [-0.2, 0) is 0 Å². The van der Waals surface area contributed by atoms with Crippen molar-refractivity contribution in [1.29, 1.82) is 0 Å². The summed E-state index contributed by atoms with van der Waals surface area (Å²) < 4.78 is 6.05. The van der Waals surface area contributed by atoms with Gasteiger partial charge < -0.3 is 15.4 Å². The molecule has 2 rings (SSSR count). The van der Waals surface area contributed by atoms with Crippen LogP contribution in [0.2, 0.25) is 0 Å². The number of carbonyl (C=O) groups is 2. The summed E-state index contributed by atoms with van der Waals surface area (Å²) in [5, 5.41) is 5.63. The Hall–Kier alpha value is -2.09. The average Bonchev–Trinajstić information content (AvgIpc) is 2.60. The number of hydrogen-bond acceptors (Lipinski definition) is 3. The summed E-state index contributed by atoms with van der Waals surface area (Å²) in [5.74, 6) is 0.410. The second-order valence-corrected chi connectivity index (χ2v) is 6.30. The van der Waals surface area contributed by atoms with E-state index < -0.39 is 0 Å². The molecule has 24 heavy (non-hydrogen) atoms. The van der Waals surface area contributed by atoms with Crippen LogP contribution >= 0.6 is 22.6 Å². The minimum atomic E-state index is -0.209. The Morgan fingerprint density at radius 3 is 2.29 bits per heavy atom.